The van der Waals surface area contributed by atoms with Crippen molar-refractivity contribution in [3.8, 4) is 5.88 Å². The summed E-state index contributed by atoms with van der Waals surface area (Å²) in [6.07, 6.45) is 0.684. The second-order valence-electron chi connectivity index (χ2n) is 2.27. The molecule has 0 aliphatic rings. The molecular weight excluding hydrogens is 158 g/mol. The van der Waals surface area contributed by atoms with Gasteiger partial charge in [0.15, 0.2) is 6.10 Å². The maximum atomic E-state index is 10.4. The van der Waals surface area contributed by atoms with E-state index in [-0.39, 0.29) is 0 Å². The highest BCUT2D eigenvalue weighted by Gasteiger charge is 2.11. The van der Waals surface area contributed by atoms with Gasteiger partial charge in [-0.05, 0) is 13.0 Å². The maximum Gasteiger partial charge on any atom is 0.344 e. The Hall–Kier alpha value is -1.58. The number of nitrogens with zero attached hydrogens (tertiary/aromatic N) is 1. The van der Waals surface area contributed by atoms with Gasteiger partial charge in [-0.2, -0.15) is 0 Å². The highest BCUT2D eigenvalue weighted by atomic mass is 16.5. The number of hydrogen-bond acceptors (Lipinski definition) is 3. The Balaban J connectivity index is 2.58. The third-order valence-corrected chi connectivity index (χ3v) is 1.28. The molecule has 0 spiro atoms. The average molecular weight is 167 g/mol. The second kappa shape index (κ2) is 3.71. The molecule has 0 aromatic carbocycles. The fourth-order valence-corrected chi connectivity index (χ4v) is 0.648. The standard InChI is InChI=1S/C8H9NO3/c1-6(8(10)11)12-7-4-2-3-5-9-7/h2-6H,1H3,(H,10,11). The fraction of sp³-hybridized carbons (Fsp3) is 0.250. The molecule has 1 aromatic heterocycles. The van der Waals surface area contributed by atoms with Crippen molar-refractivity contribution in [2.75, 3.05) is 0 Å². The van der Waals surface area contributed by atoms with Gasteiger partial charge < -0.3 is 9.84 Å². The first-order valence-electron chi connectivity index (χ1n) is 3.50. The third-order valence-electron chi connectivity index (χ3n) is 1.28. The van der Waals surface area contributed by atoms with Crippen LogP contribution in [0.15, 0.2) is 24.4 Å². The number of aromatic nitrogens is 1. The van der Waals surface area contributed by atoms with Crippen molar-refractivity contribution in [2.45, 2.75) is 13.0 Å². The van der Waals surface area contributed by atoms with Crippen LogP contribution in [0.5, 0.6) is 5.88 Å². The van der Waals surface area contributed by atoms with E-state index in [9.17, 15) is 4.79 Å². The molecule has 0 saturated carbocycles. The van der Waals surface area contributed by atoms with Gasteiger partial charge in [0, 0.05) is 12.3 Å². The van der Waals surface area contributed by atoms with E-state index in [2.05, 4.69) is 4.98 Å². The van der Waals surface area contributed by atoms with Crippen molar-refractivity contribution in [1.82, 2.24) is 4.98 Å². The van der Waals surface area contributed by atoms with Crippen molar-refractivity contribution < 1.29 is 14.6 Å². The highest BCUT2D eigenvalue weighted by molar-refractivity contribution is 5.72. The van der Waals surface area contributed by atoms with Crippen LogP contribution in [0.4, 0.5) is 0 Å². The van der Waals surface area contributed by atoms with E-state index in [1.165, 1.54) is 6.92 Å². The lowest BCUT2D eigenvalue weighted by Crippen LogP contribution is -2.23. The van der Waals surface area contributed by atoms with Crippen LogP contribution in [0.3, 0.4) is 0 Å². The molecule has 1 unspecified atom stereocenters. The molecule has 0 fully saturated rings. The largest absolute Gasteiger partial charge is 0.479 e. The highest BCUT2D eigenvalue weighted by Crippen LogP contribution is 2.05. The first-order chi connectivity index (χ1) is 5.70. The molecule has 0 amide bonds. The van der Waals surface area contributed by atoms with Crippen LogP contribution in [0, 0.1) is 0 Å². The minimum atomic E-state index is -0.999. The molecule has 4 heteroatoms. The zero-order valence-electron chi connectivity index (χ0n) is 6.60. The minimum Gasteiger partial charge on any atom is -0.479 e. The van der Waals surface area contributed by atoms with E-state index in [0.717, 1.165) is 0 Å². The zero-order chi connectivity index (χ0) is 8.97. The summed E-state index contributed by atoms with van der Waals surface area (Å²) >= 11 is 0. The average Bonchev–Trinajstić information content (AvgIpc) is 2.06. The molecule has 12 heavy (non-hydrogen) atoms. The van der Waals surface area contributed by atoms with Gasteiger partial charge in [0.1, 0.15) is 0 Å². The second-order valence-corrected chi connectivity index (χ2v) is 2.27. The monoisotopic (exact) mass is 167 g/mol. The van der Waals surface area contributed by atoms with Gasteiger partial charge in [-0.3, -0.25) is 0 Å². The van der Waals surface area contributed by atoms with Crippen molar-refractivity contribution in [2.24, 2.45) is 0 Å². The quantitative estimate of drug-likeness (QED) is 0.727. The van der Waals surface area contributed by atoms with Crippen LogP contribution in [0.25, 0.3) is 0 Å². The number of pyridine rings is 1. The van der Waals surface area contributed by atoms with Crippen molar-refractivity contribution in [1.29, 1.82) is 0 Å². The smallest absolute Gasteiger partial charge is 0.344 e. The number of carbonyl (C=O) groups is 1. The summed E-state index contributed by atoms with van der Waals surface area (Å²) in [5, 5.41) is 8.49. The lowest BCUT2D eigenvalue weighted by molar-refractivity contribution is -0.144. The first-order valence-corrected chi connectivity index (χ1v) is 3.50. The molecule has 4 nitrogen and oxygen atoms in total. The number of aliphatic carboxylic acids is 1. The van der Waals surface area contributed by atoms with Gasteiger partial charge in [0.05, 0.1) is 0 Å². The Morgan fingerprint density at radius 2 is 2.42 bits per heavy atom. The van der Waals surface area contributed by atoms with E-state index < -0.39 is 12.1 Å². The maximum absolute atomic E-state index is 10.4. The number of carboxylic acid groups (broad SMARTS) is 1. The predicted molar refractivity (Wildman–Crippen MR) is 42.0 cm³/mol. The van der Waals surface area contributed by atoms with Crippen LogP contribution < -0.4 is 4.74 Å². The van der Waals surface area contributed by atoms with E-state index in [1.807, 2.05) is 0 Å². The van der Waals surface area contributed by atoms with Gasteiger partial charge in [-0.15, -0.1) is 0 Å². The van der Waals surface area contributed by atoms with Crippen LogP contribution in [-0.4, -0.2) is 22.2 Å². The number of carboxylic acids is 1. The summed E-state index contributed by atoms with van der Waals surface area (Å²) in [5.41, 5.74) is 0. The first kappa shape index (κ1) is 8.52. The molecule has 0 bridgehead atoms. The van der Waals surface area contributed by atoms with Gasteiger partial charge in [-0.25, -0.2) is 9.78 Å². The lowest BCUT2D eigenvalue weighted by Gasteiger charge is -2.07. The SMILES string of the molecule is CC(Oc1ccccn1)C(=O)O. The molecule has 0 radical (unpaired) electrons. The molecular formula is C8H9NO3. The van der Waals surface area contributed by atoms with Crippen LogP contribution in [0.2, 0.25) is 0 Å². The molecule has 0 aliphatic carbocycles. The summed E-state index contributed by atoms with van der Waals surface area (Å²) < 4.78 is 4.97. The van der Waals surface area contributed by atoms with E-state index in [0.29, 0.717) is 5.88 Å². The fourth-order valence-electron chi connectivity index (χ4n) is 0.648. The zero-order valence-corrected chi connectivity index (χ0v) is 6.60. The minimum absolute atomic E-state index is 0.326. The van der Waals surface area contributed by atoms with E-state index in [4.69, 9.17) is 9.84 Å². The van der Waals surface area contributed by atoms with Crippen LogP contribution in [-0.2, 0) is 4.79 Å². The molecule has 1 atom stereocenters. The molecule has 0 saturated heterocycles. The molecule has 0 aliphatic heterocycles. The Labute approximate surface area is 69.8 Å². The van der Waals surface area contributed by atoms with Crippen LogP contribution in [0.1, 0.15) is 6.92 Å². The summed E-state index contributed by atoms with van der Waals surface area (Å²) in [4.78, 5) is 14.2. The number of ether oxygens (including phenoxy) is 1. The van der Waals surface area contributed by atoms with Crippen molar-refractivity contribution in [3.05, 3.63) is 24.4 Å². The van der Waals surface area contributed by atoms with Gasteiger partial charge in [0.2, 0.25) is 5.88 Å². The topological polar surface area (TPSA) is 59.4 Å². The van der Waals surface area contributed by atoms with Gasteiger partial charge in [-0.1, -0.05) is 6.07 Å². The Kier molecular flexibility index (Phi) is 2.63. The normalized spacial score (nSPS) is 12.1. The van der Waals surface area contributed by atoms with Crippen molar-refractivity contribution in [3.63, 3.8) is 0 Å². The molecule has 1 heterocycles. The summed E-state index contributed by atoms with van der Waals surface area (Å²) in [7, 11) is 0. The van der Waals surface area contributed by atoms with Gasteiger partial charge in [0.25, 0.3) is 0 Å². The van der Waals surface area contributed by atoms with E-state index >= 15 is 0 Å². The Morgan fingerprint density at radius 1 is 1.67 bits per heavy atom. The molecule has 1 rings (SSSR count). The summed E-state index contributed by atoms with van der Waals surface area (Å²) in [5.74, 6) is -0.673. The summed E-state index contributed by atoms with van der Waals surface area (Å²) in [6.45, 7) is 1.46. The molecule has 1 aromatic rings. The number of hydrogen-bond donors (Lipinski definition) is 1. The Bertz CT molecular complexity index is 260. The summed E-state index contributed by atoms with van der Waals surface area (Å²) in [6, 6.07) is 5.08. The van der Waals surface area contributed by atoms with Crippen LogP contribution >= 0.6 is 0 Å². The lowest BCUT2D eigenvalue weighted by atomic mass is 10.4. The van der Waals surface area contributed by atoms with Crippen molar-refractivity contribution >= 4 is 5.97 Å². The molecule has 1 N–H and O–H groups in total. The predicted octanol–water partition coefficient (Wildman–Crippen LogP) is 0.933. The molecule has 64 valence electrons. The third kappa shape index (κ3) is 2.23. The Morgan fingerprint density at radius 3 is 2.92 bits per heavy atom. The van der Waals surface area contributed by atoms with E-state index in [1.54, 1.807) is 24.4 Å². The van der Waals surface area contributed by atoms with Gasteiger partial charge >= 0.3 is 5.97 Å². The number of rotatable bonds is 3.